The van der Waals surface area contributed by atoms with Crippen molar-refractivity contribution in [3.05, 3.63) is 42.1 Å². The highest BCUT2D eigenvalue weighted by molar-refractivity contribution is 5.93. The molecule has 25 heavy (non-hydrogen) atoms. The zero-order valence-corrected chi connectivity index (χ0v) is 15.0. The minimum atomic E-state index is -0.113. The van der Waals surface area contributed by atoms with Crippen molar-refractivity contribution >= 4 is 11.7 Å². The summed E-state index contributed by atoms with van der Waals surface area (Å²) >= 11 is 0. The van der Waals surface area contributed by atoms with E-state index in [-0.39, 0.29) is 18.0 Å². The standard InChI is InChI=1S/C20H26N4O/c1-14(2)21-18-13-17(20(25)22-16-11-7-4-8-12-16)23-19(24-18)15-9-5-3-6-10-15/h3,5-6,9-10,13-14,16H,4,7-8,11-12H2,1-2H3,(H,22,25)(H,21,23,24). The molecule has 0 aliphatic heterocycles. The maximum absolute atomic E-state index is 12.7. The molecule has 0 unspecified atom stereocenters. The molecule has 1 aromatic carbocycles. The third kappa shape index (κ3) is 4.78. The average molecular weight is 338 g/mol. The number of rotatable bonds is 5. The van der Waals surface area contributed by atoms with Crippen LogP contribution < -0.4 is 10.6 Å². The van der Waals surface area contributed by atoms with Gasteiger partial charge in [-0.1, -0.05) is 49.6 Å². The predicted octanol–water partition coefficient (Wildman–Crippen LogP) is 4.03. The third-order valence-corrected chi connectivity index (χ3v) is 4.37. The van der Waals surface area contributed by atoms with Crippen molar-refractivity contribution in [1.29, 1.82) is 0 Å². The Morgan fingerprint density at radius 3 is 2.48 bits per heavy atom. The lowest BCUT2D eigenvalue weighted by Crippen LogP contribution is -2.36. The number of anilines is 1. The van der Waals surface area contributed by atoms with E-state index in [4.69, 9.17) is 0 Å². The van der Waals surface area contributed by atoms with Gasteiger partial charge in [-0.2, -0.15) is 0 Å². The van der Waals surface area contributed by atoms with Gasteiger partial charge in [0.05, 0.1) is 0 Å². The second-order valence-corrected chi connectivity index (χ2v) is 6.94. The Labute approximate surface area is 149 Å². The number of hydrogen-bond acceptors (Lipinski definition) is 4. The Bertz CT molecular complexity index is 709. The molecule has 5 heteroatoms. The summed E-state index contributed by atoms with van der Waals surface area (Å²) in [5.74, 6) is 1.14. The van der Waals surface area contributed by atoms with Gasteiger partial charge in [0, 0.05) is 23.7 Å². The van der Waals surface area contributed by atoms with E-state index in [0.717, 1.165) is 18.4 Å². The van der Waals surface area contributed by atoms with E-state index in [1.165, 1.54) is 19.3 Å². The fourth-order valence-electron chi connectivity index (χ4n) is 3.16. The normalized spacial score (nSPS) is 15.2. The molecule has 1 fully saturated rings. The maximum Gasteiger partial charge on any atom is 0.270 e. The highest BCUT2D eigenvalue weighted by Crippen LogP contribution is 2.20. The molecule has 0 radical (unpaired) electrons. The molecule has 0 spiro atoms. The van der Waals surface area contributed by atoms with Crippen molar-refractivity contribution < 1.29 is 4.79 Å². The van der Waals surface area contributed by atoms with Crippen molar-refractivity contribution in [3.63, 3.8) is 0 Å². The highest BCUT2D eigenvalue weighted by atomic mass is 16.1. The minimum Gasteiger partial charge on any atom is -0.368 e. The molecule has 1 aliphatic carbocycles. The number of benzene rings is 1. The highest BCUT2D eigenvalue weighted by Gasteiger charge is 2.19. The van der Waals surface area contributed by atoms with E-state index in [1.807, 2.05) is 44.2 Å². The van der Waals surface area contributed by atoms with E-state index in [2.05, 4.69) is 20.6 Å². The van der Waals surface area contributed by atoms with Gasteiger partial charge in [0.2, 0.25) is 0 Å². The van der Waals surface area contributed by atoms with Crippen molar-refractivity contribution in [2.45, 2.75) is 58.0 Å². The monoisotopic (exact) mass is 338 g/mol. The SMILES string of the molecule is CC(C)Nc1cc(C(=O)NC2CCCCC2)nc(-c2ccccc2)n1. The topological polar surface area (TPSA) is 66.9 Å². The summed E-state index contributed by atoms with van der Waals surface area (Å²) in [5, 5.41) is 6.42. The van der Waals surface area contributed by atoms with Crippen LogP contribution in [-0.2, 0) is 0 Å². The molecule has 1 aliphatic rings. The quantitative estimate of drug-likeness (QED) is 0.864. The molecule has 132 valence electrons. The van der Waals surface area contributed by atoms with Crippen LogP contribution in [0.1, 0.15) is 56.4 Å². The molecule has 2 aromatic rings. The Kier molecular flexibility index (Phi) is 5.64. The number of amides is 1. The first-order valence-corrected chi connectivity index (χ1v) is 9.14. The molecule has 5 nitrogen and oxygen atoms in total. The fraction of sp³-hybridized carbons (Fsp3) is 0.450. The number of nitrogens with zero attached hydrogens (tertiary/aromatic N) is 2. The molecule has 3 rings (SSSR count). The van der Waals surface area contributed by atoms with Crippen molar-refractivity contribution in [3.8, 4) is 11.4 Å². The lowest BCUT2D eigenvalue weighted by Gasteiger charge is -2.22. The summed E-state index contributed by atoms with van der Waals surface area (Å²) in [6.45, 7) is 4.10. The van der Waals surface area contributed by atoms with Gasteiger partial charge in [-0.15, -0.1) is 0 Å². The van der Waals surface area contributed by atoms with Gasteiger partial charge < -0.3 is 10.6 Å². The predicted molar refractivity (Wildman–Crippen MR) is 101 cm³/mol. The summed E-state index contributed by atoms with van der Waals surface area (Å²) < 4.78 is 0. The lowest BCUT2D eigenvalue weighted by atomic mass is 9.95. The van der Waals surface area contributed by atoms with E-state index in [9.17, 15) is 4.79 Å². The van der Waals surface area contributed by atoms with Crippen LogP contribution in [0.5, 0.6) is 0 Å². The molecule has 1 amide bonds. The molecule has 2 N–H and O–H groups in total. The van der Waals surface area contributed by atoms with Crippen LogP contribution in [0.25, 0.3) is 11.4 Å². The maximum atomic E-state index is 12.7. The second-order valence-electron chi connectivity index (χ2n) is 6.94. The van der Waals surface area contributed by atoms with Gasteiger partial charge in [-0.3, -0.25) is 4.79 Å². The van der Waals surface area contributed by atoms with Crippen LogP contribution in [0, 0.1) is 0 Å². The Morgan fingerprint density at radius 1 is 1.08 bits per heavy atom. The zero-order valence-electron chi connectivity index (χ0n) is 15.0. The molecular weight excluding hydrogens is 312 g/mol. The van der Waals surface area contributed by atoms with Gasteiger partial charge >= 0.3 is 0 Å². The molecule has 1 saturated carbocycles. The molecule has 0 saturated heterocycles. The van der Waals surface area contributed by atoms with Crippen LogP contribution in [-0.4, -0.2) is 28.0 Å². The van der Waals surface area contributed by atoms with Gasteiger partial charge in [-0.05, 0) is 26.7 Å². The van der Waals surface area contributed by atoms with Crippen LogP contribution in [0.2, 0.25) is 0 Å². The van der Waals surface area contributed by atoms with E-state index in [0.29, 0.717) is 17.3 Å². The second kappa shape index (κ2) is 8.10. The Balaban J connectivity index is 1.87. The molecule has 1 aromatic heterocycles. The smallest absolute Gasteiger partial charge is 0.270 e. The average Bonchev–Trinajstić information content (AvgIpc) is 2.62. The zero-order chi connectivity index (χ0) is 17.6. The molecule has 0 atom stereocenters. The Morgan fingerprint density at radius 2 is 1.80 bits per heavy atom. The number of carbonyl (C=O) groups is 1. The Hall–Kier alpha value is -2.43. The summed E-state index contributed by atoms with van der Waals surface area (Å²) in [6, 6.07) is 12.0. The van der Waals surface area contributed by atoms with Gasteiger partial charge in [-0.25, -0.2) is 9.97 Å². The van der Waals surface area contributed by atoms with Crippen LogP contribution in [0.15, 0.2) is 36.4 Å². The molecule has 1 heterocycles. The number of nitrogens with one attached hydrogen (secondary N) is 2. The first-order chi connectivity index (χ1) is 12.1. The van der Waals surface area contributed by atoms with Gasteiger partial charge in [0.1, 0.15) is 11.5 Å². The van der Waals surface area contributed by atoms with Gasteiger partial charge in [0.15, 0.2) is 5.82 Å². The summed E-state index contributed by atoms with van der Waals surface area (Å²) in [6.07, 6.45) is 5.74. The summed E-state index contributed by atoms with van der Waals surface area (Å²) in [5.41, 5.74) is 1.32. The third-order valence-electron chi connectivity index (χ3n) is 4.37. The van der Waals surface area contributed by atoms with E-state index < -0.39 is 0 Å². The van der Waals surface area contributed by atoms with Crippen molar-refractivity contribution in [1.82, 2.24) is 15.3 Å². The summed E-state index contributed by atoms with van der Waals surface area (Å²) in [7, 11) is 0. The van der Waals surface area contributed by atoms with E-state index >= 15 is 0 Å². The fourth-order valence-corrected chi connectivity index (χ4v) is 3.16. The van der Waals surface area contributed by atoms with Crippen LogP contribution in [0.3, 0.4) is 0 Å². The van der Waals surface area contributed by atoms with Crippen LogP contribution >= 0.6 is 0 Å². The van der Waals surface area contributed by atoms with Gasteiger partial charge in [0.25, 0.3) is 5.91 Å². The van der Waals surface area contributed by atoms with Crippen molar-refractivity contribution in [2.75, 3.05) is 5.32 Å². The largest absolute Gasteiger partial charge is 0.368 e. The lowest BCUT2D eigenvalue weighted by molar-refractivity contribution is 0.0922. The summed E-state index contributed by atoms with van der Waals surface area (Å²) in [4.78, 5) is 21.8. The van der Waals surface area contributed by atoms with E-state index in [1.54, 1.807) is 6.07 Å². The molecule has 0 bridgehead atoms. The first-order valence-electron chi connectivity index (χ1n) is 9.14. The minimum absolute atomic E-state index is 0.113. The number of hydrogen-bond donors (Lipinski definition) is 2. The van der Waals surface area contributed by atoms with Crippen molar-refractivity contribution in [2.24, 2.45) is 0 Å². The first kappa shape index (κ1) is 17.4. The number of aromatic nitrogens is 2. The number of carbonyl (C=O) groups excluding carboxylic acids is 1. The molecular formula is C20H26N4O. The van der Waals surface area contributed by atoms with Crippen LogP contribution in [0.4, 0.5) is 5.82 Å².